The summed E-state index contributed by atoms with van der Waals surface area (Å²) in [4.78, 5) is 16.3. The first-order valence-corrected chi connectivity index (χ1v) is 14.3. The van der Waals surface area contributed by atoms with Crippen LogP contribution in [0.25, 0.3) is 0 Å². The molecule has 2 rings (SSSR count). The minimum Gasteiger partial charge on any atom is -0.858 e. The number of esters is 1. The SMILES string of the molecule is CCCCCCCCCCCCOC(=O)[C@H](Cc1ccccc1)N=C([O-])c1ccccc1S(=O)(=O)O.[Na+]. The van der Waals surface area contributed by atoms with Crippen molar-refractivity contribution < 1.29 is 57.2 Å². The maximum atomic E-state index is 12.8. The third-order valence-corrected chi connectivity index (χ3v) is 6.87. The molecule has 0 spiro atoms. The zero-order valence-electron chi connectivity index (χ0n) is 22.1. The standard InChI is InChI=1S/C28H39NO6S.Na/c1-2-3-4-5-6-7-8-9-10-16-21-35-28(31)25(22-23-17-12-11-13-18-23)29-27(30)24-19-14-15-20-26(24)36(32,33)34;/h11-15,17-20,25H,2-10,16,21-22H2,1H3,(H,29,30)(H,32,33,34);/q;+1/p-1/t25-;/m0./s1. The van der Waals surface area contributed by atoms with Crippen molar-refractivity contribution in [3.63, 3.8) is 0 Å². The molecule has 0 saturated heterocycles. The first-order valence-electron chi connectivity index (χ1n) is 12.8. The van der Waals surface area contributed by atoms with Crippen molar-refractivity contribution in [2.24, 2.45) is 4.99 Å². The summed E-state index contributed by atoms with van der Waals surface area (Å²) in [6.07, 6.45) is 11.8. The number of ether oxygens (including phenoxy) is 1. The maximum Gasteiger partial charge on any atom is 1.00 e. The quantitative estimate of drug-likeness (QED) is 0.0822. The number of rotatable bonds is 17. The van der Waals surface area contributed by atoms with E-state index in [0.717, 1.165) is 30.9 Å². The molecule has 0 fully saturated rings. The minimum absolute atomic E-state index is 0. The summed E-state index contributed by atoms with van der Waals surface area (Å²) >= 11 is 0. The molecule has 0 aliphatic heterocycles. The molecule has 0 bridgehead atoms. The average molecular weight is 540 g/mol. The number of aliphatic imine (C=N–C) groups is 1. The van der Waals surface area contributed by atoms with Crippen LogP contribution in [-0.4, -0.2) is 37.5 Å². The van der Waals surface area contributed by atoms with Gasteiger partial charge in [0.2, 0.25) is 0 Å². The van der Waals surface area contributed by atoms with Gasteiger partial charge in [-0.15, -0.1) is 0 Å². The van der Waals surface area contributed by atoms with Crippen LogP contribution in [0.3, 0.4) is 0 Å². The summed E-state index contributed by atoms with van der Waals surface area (Å²) in [5.41, 5.74) is 0.499. The van der Waals surface area contributed by atoms with Gasteiger partial charge in [-0.05, 0) is 23.9 Å². The van der Waals surface area contributed by atoms with E-state index in [1.54, 1.807) is 0 Å². The van der Waals surface area contributed by atoms with E-state index in [0.29, 0.717) is 0 Å². The van der Waals surface area contributed by atoms with E-state index in [9.17, 15) is 22.9 Å². The van der Waals surface area contributed by atoms with Gasteiger partial charge in [0.05, 0.1) is 6.61 Å². The molecule has 7 nitrogen and oxygen atoms in total. The summed E-state index contributed by atoms with van der Waals surface area (Å²) < 4.78 is 38.2. The summed E-state index contributed by atoms with van der Waals surface area (Å²) in [7, 11) is -4.62. The van der Waals surface area contributed by atoms with Crippen LogP contribution in [0.1, 0.15) is 82.3 Å². The van der Waals surface area contributed by atoms with Crippen LogP contribution in [0.15, 0.2) is 64.5 Å². The Morgan fingerprint density at radius 1 is 0.892 bits per heavy atom. The third-order valence-electron chi connectivity index (χ3n) is 5.95. The Balaban J connectivity index is 0.00000684. The first-order chi connectivity index (χ1) is 17.3. The van der Waals surface area contributed by atoms with E-state index in [-0.39, 0.29) is 48.1 Å². The van der Waals surface area contributed by atoms with E-state index < -0.39 is 32.9 Å². The first kappa shape index (κ1) is 33.3. The van der Waals surface area contributed by atoms with E-state index >= 15 is 0 Å². The van der Waals surface area contributed by atoms with Gasteiger partial charge in [-0.25, -0.2) is 4.79 Å². The largest absolute Gasteiger partial charge is 1.00 e. The van der Waals surface area contributed by atoms with Crippen LogP contribution in [0.5, 0.6) is 0 Å². The Morgan fingerprint density at radius 2 is 1.43 bits per heavy atom. The number of carbonyl (C=O) groups is 1. The van der Waals surface area contributed by atoms with Gasteiger partial charge in [-0.2, -0.15) is 8.42 Å². The van der Waals surface area contributed by atoms with E-state index in [1.807, 2.05) is 30.3 Å². The van der Waals surface area contributed by atoms with Gasteiger partial charge in [0.1, 0.15) is 4.90 Å². The molecule has 1 N–H and O–H groups in total. The predicted octanol–water partition coefficient (Wildman–Crippen LogP) is 2.12. The van der Waals surface area contributed by atoms with Crippen LogP contribution >= 0.6 is 0 Å². The Morgan fingerprint density at radius 3 is 2.03 bits per heavy atom. The van der Waals surface area contributed by atoms with Crippen LogP contribution in [-0.2, 0) is 26.1 Å². The topological polar surface area (TPSA) is 116 Å². The van der Waals surface area contributed by atoms with Gasteiger partial charge in [0.25, 0.3) is 10.1 Å². The molecular formula is C28H38NNaO6S. The Labute approximate surface area is 243 Å². The van der Waals surface area contributed by atoms with Gasteiger partial charge in [0, 0.05) is 12.0 Å². The fourth-order valence-electron chi connectivity index (χ4n) is 3.96. The molecule has 0 heterocycles. The van der Waals surface area contributed by atoms with E-state index in [2.05, 4.69) is 11.9 Å². The van der Waals surface area contributed by atoms with E-state index in [4.69, 9.17) is 4.74 Å². The molecule has 0 unspecified atom stereocenters. The van der Waals surface area contributed by atoms with Gasteiger partial charge in [0.15, 0.2) is 6.04 Å². The number of hydrogen-bond acceptors (Lipinski definition) is 6. The van der Waals surface area contributed by atoms with Crippen molar-refractivity contribution in [3.8, 4) is 0 Å². The molecule has 0 aromatic heterocycles. The molecule has 37 heavy (non-hydrogen) atoms. The average Bonchev–Trinajstić information content (AvgIpc) is 2.86. The second-order valence-corrected chi connectivity index (χ2v) is 10.4. The normalized spacial score (nSPS) is 12.5. The Kier molecular flexibility index (Phi) is 16.7. The van der Waals surface area contributed by atoms with Gasteiger partial charge < -0.3 is 9.84 Å². The molecule has 0 radical (unpaired) electrons. The molecule has 198 valence electrons. The van der Waals surface area contributed by atoms with Gasteiger partial charge in [-0.3, -0.25) is 9.55 Å². The molecule has 0 aliphatic carbocycles. The van der Waals surface area contributed by atoms with Crippen LogP contribution in [0.2, 0.25) is 0 Å². The number of carbonyl (C=O) groups excluding carboxylic acids is 1. The molecule has 1 atom stereocenters. The molecular weight excluding hydrogens is 501 g/mol. The predicted molar refractivity (Wildman–Crippen MR) is 140 cm³/mol. The van der Waals surface area contributed by atoms with Crippen LogP contribution < -0.4 is 34.7 Å². The number of unbranched alkanes of at least 4 members (excludes halogenated alkanes) is 9. The zero-order valence-corrected chi connectivity index (χ0v) is 24.9. The zero-order chi connectivity index (χ0) is 26.2. The van der Waals surface area contributed by atoms with Crippen molar-refractivity contribution in [1.29, 1.82) is 0 Å². The van der Waals surface area contributed by atoms with Crippen molar-refractivity contribution >= 4 is 22.0 Å². The molecule has 0 aliphatic rings. The monoisotopic (exact) mass is 539 g/mol. The van der Waals surface area contributed by atoms with Gasteiger partial charge >= 0.3 is 35.5 Å². The minimum atomic E-state index is -4.62. The Hall–Kier alpha value is -1.71. The molecule has 2 aromatic rings. The van der Waals surface area contributed by atoms with Crippen LogP contribution in [0, 0.1) is 0 Å². The summed E-state index contributed by atoms with van der Waals surface area (Å²) in [6.45, 7) is 2.46. The van der Waals surface area contributed by atoms with E-state index in [1.165, 1.54) is 63.1 Å². The van der Waals surface area contributed by atoms with Crippen molar-refractivity contribution in [1.82, 2.24) is 0 Å². The van der Waals surface area contributed by atoms with Crippen molar-refractivity contribution in [3.05, 3.63) is 65.7 Å². The molecule has 0 amide bonds. The second-order valence-electron chi connectivity index (χ2n) is 8.96. The summed E-state index contributed by atoms with van der Waals surface area (Å²) in [5.74, 6) is -1.53. The molecule has 9 heteroatoms. The molecule has 2 aromatic carbocycles. The Bertz CT molecular complexity index is 1060. The smallest absolute Gasteiger partial charge is 0.858 e. The third kappa shape index (κ3) is 13.1. The summed E-state index contributed by atoms with van der Waals surface area (Å²) in [5, 5.41) is 12.8. The van der Waals surface area contributed by atoms with Crippen molar-refractivity contribution in [2.45, 2.75) is 88.5 Å². The van der Waals surface area contributed by atoms with Gasteiger partial charge in [-0.1, -0.05) is 113 Å². The molecule has 0 saturated carbocycles. The van der Waals surface area contributed by atoms with Crippen LogP contribution in [0.4, 0.5) is 0 Å². The number of hydrogen-bond donors (Lipinski definition) is 1. The fourth-order valence-corrected chi connectivity index (χ4v) is 4.64. The second kappa shape index (κ2) is 18.5. The maximum absolute atomic E-state index is 12.8. The number of benzene rings is 2. The summed E-state index contributed by atoms with van der Waals surface area (Å²) in [6, 6.07) is 13.2. The van der Waals surface area contributed by atoms with Crippen molar-refractivity contribution in [2.75, 3.05) is 6.61 Å². The number of nitrogens with zero attached hydrogens (tertiary/aromatic N) is 1. The fraction of sp³-hybridized carbons (Fsp3) is 0.500.